The number of phenolic OH excluding ortho intramolecular Hbond substituents is 3. The average molecular weight is 168 g/mol. The standard InChI is InChI=1S/C9H12O3/c1-5(2)6-3-8(11)9(12)4-7(6)10/h3-5,10-12H,1-2H3. The number of aromatic hydroxyl groups is 3. The van der Waals surface area contributed by atoms with Gasteiger partial charge >= 0.3 is 0 Å². The molecule has 1 rings (SSSR count). The molecule has 1 aromatic rings. The first-order chi connectivity index (χ1) is 5.52. The van der Waals surface area contributed by atoms with Crippen molar-refractivity contribution in [3.8, 4) is 17.2 Å². The van der Waals surface area contributed by atoms with E-state index in [-0.39, 0.29) is 23.2 Å². The van der Waals surface area contributed by atoms with E-state index in [9.17, 15) is 5.11 Å². The fourth-order valence-corrected chi connectivity index (χ4v) is 1.04. The Balaban J connectivity index is 3.23. The molecule has 0 aliphatic rings. The van der Waals surface area contributed by atoms with Crippen molar-refractivity contribution in [1.29, 1.82) is 0 Å². The van der Waals surface area contributed by atoms with Crippen LogP contribution in [0.15, 0.2) is 12.1 Å². The fraction of sp³-hybridized carbons (Fsp3) is 0.333. The Labute approximate surface area is 70.9 Å². The summed E-state index contributed by atoms with van der Waals surface area (Å²) in [6.45, 7) is 3.79. The molecule has 0 saturated heterocycles. The molecule has 12 heavy (non-hydrogen) atoms. The number of phenols is 3. The molecule has 3 nitrogen and oxygen atoms in total. The van der Waals surface area contributed by atoms with Crippen molar-refractivity contribution in [1.82, 2.24) is 0 Å². The number of rotatable bonds is 1. The van der Waals surface area contributed by atoms with Crippen molar-refractivity contribution < 1.29 is 15.3 Å². The van der Waals surface area contributed by atoms with Gasteiger partial charge in [-0.1, -0.05) is 13.8 Å². The van der Waals surface area contributed by atoms with E-state index in [2.05, 4.69) is 0 Å². The first-order valence-corrected chi connectivity index (χ1v) is 3.77. The van der Waals surface area contributed by atoms with Crippen LogP contribution >= 0.6 is 0 Å². The summed E-state index contributed by atoms with van der Waals surface area (Å²) in [5, 5.41) is 27.4. The molecule has 0 saturated carbocycles. The molecule has 0 aromatic heterocycles. The lowest BCUT2D eigenvalue weighted by Gasteiger charge is -2.09. The van der Waals surface area contributed by atoms with Gasteiger partial charge in [0.25, 0.3) is 0 Å². The van der Waals surface area contributed by atoms with Crippen molar-refractivity contribution >= 4 is 0 Å². The zero-order valence-electron chi connectivity index (χ0n) is 7.07. The maximum atomic E-state index is 9.32. The molecule has 0 amide bonds. The monoisotopic (exact) mass is 168 g/mol. The van der Waals surface area contributed by atoms with E-state index in [1.54, 1.807) is 0 Å². The van der Waals surface area contributed by atoms with Crippen molar-refractivity contribution in [3.63, 3.8) is 0 Å². The second-order valence-corrected chi connectivity index (χ2v) is 3.05. The Morgan fingerprint density at radius 3 is 1.92 bits per heavy atom. The van der Waals surface area contributed by atoms with Gasteiger partial charge in [-0.05, 0) is 12.0 Å². The lowest BCUT2D eigenvalue weighted by molar-refractivity contribution is 0.393. The van der Waals surface area contributed by atoms with Crippen molar-refractivity contribution in [2.45, 2.75) is 19.8 Å². The zero-order chi connectivity index (χ0) is 9.30. The van der Waals surface area contributed by atoms with Crippen molar-refractivity contribution in [2.24, 2.45) is 0 Å². The largest absolute Gasteiger partial charge is 0.508 e. The lowest BCUT2D eigenvalue weighted by atomic mass is 10.0. The van der Waals surface area contributed by atoms with Gasteiger partial charge in [0.05, 0.1) is 0 Å². The number of hydrogen-bond donors (Lipinski definition) is 3. The van der Waals surface area contributed by atoms with Gasteiger partial charge in [0, 0.05) is 11.6 Å². The molecule has 0 spiro atoms. The molecule has 3 N–H and O–H groups in total. The third-order valence-corrected chi connectivity index (χ3v) is 1.75. The summed E-state index contributed by atoms with van der Waals surface area (Å²) < 4.78 is 0. The predicted octanol–water partition coefficient (Wildman–Crippen LogP) is 1.93. The van der Waals surface area contributed by atoms with Crippen LogP contribution in [0, 0.1) is 0 Å². The van der Waals surface area contributed by atoms with E-state index < -0.39 is 0 Å². The van der Waals surface area contributed by atoms with Gasteiger partial charge in [0.15, 0.2) is 11.5 Å². The molecule has 1 aromatic carbocycles. The third kappa shape index (κ3) is 1.44. The minimum Gasteiger partial charge on any atom is -0.508 e. The SMILES string of the molecule is CC(C)c1cc(O)c(O)cc1O. The van der Waals surface area contributed by atoms with E-state index in [0.717, 1.165) is 6.07 Å². The quantitative estimate of drug-likeness (QED) is 0.443. The Morgan fingerprint density at radius 1 is 0.917 bits per heavy atom. The molecular weight excluding hydrogens is 156 g/mol. The minimum absolute atomic E-state index is 0.0142. The number of hydrogen-bond acceptors (Lipinski definition) is 3. The topological polar surface area (TPSA) is 60.7 Å². The van der Waals surface area contributed by atoms with Crippen LogP contribution in [0.1, 0.15) is 25.3 Å². The molecule has 3 heteroatoms. The summed E-state index contributed by atoms with van der Waals surface area (Å²) in [6.07, 6.45) is 0. The van der Waals surface area contributed by atoms with E-state index in [4.69, 9.17) is 10.2 Å². The maximum Gasteiger partial charge on any atom is 0.161 e. The summed E-state index contributed by atoms with van der Waals surface area (Å²) >= 11 is 0. The summed E-state index contributed by atoms with van der Waals surface area (Å²) in [7, 11) is 0. The Hall–Kier alpha value is -1.38. The van der Waals surface area contributed by atoms with Crippen LogP contribution in [-0.4, -0.2) is 15.3 Å². The molecule has 0 aliphatic carbocycles. The average Bonchev–Trinajstić information content (AvgIpc) is 1.96. The van der Waals surface area contributed by atoms with Crippen LogP contribution in [0.4, 0.5) is 0 Å². The van der Waals surface area contributed by atoms with E-state index in [1.807, 2.05) is 13.8 Å². The minimum atomic E-state index is -0.295. The van der Waals surface area contributed by atoms with Gasteiger partial charge in [0.1, 0.15) is 5.75 Å². The van der Waals surface area contributed by atoms with Crippen LogP contribution in [-0.2, 0) is 0 Å². The first kappa shape index (κ1) is 8.71. The molecule has 66 valence electrons. The highest BCUT2D eigenvalue weighted by Crippen LogP contribution is 2.35. The van der Waals surface area contributed by atoms with Gasteiger partial charge < -0.3 is 15.3 Å². The van der Waals surface area contributed by atoms with Gasteiger partial charge in [-0.2, -0.15) is 0 Å². The second-order valence-electron chi connectivity index (χ2n) is 3.05. The van der Waals surface area contributed by atoms with E-state index >= 15 is 0 Å². The van der Waals surface area contributed by atoms with Gasteiger partial charge in [-0.25, -0.2) is 0 Å². The molecule has 0 atom stereocenters. The molecule has 0 heterocycles. The van der Waals surface area contributed by atoms with E-state index in [0.29, 0.717) is 5.56 Å². The van der Waals surface area contributed by atoms with Crippen molar-refractivity contribution in [3.05, 3.63) is 17.7 Å². The molecule has 0 unspecified atom stereocenters. The Bertz CT molecular complexity index is 292. The van der Waals surface area contributed by atoms with Gasteiger partial charge in [-0.15, -0.1) is 0 Å². The van der Waals surface area contributed by atoms with Crippen molar-refractivity contribution in [2.75, 3.05) is 0 Å². The molecule has 0 bridgehead atoms. The highest BCUT2D eigenvalue weighted by Gasteiger charge is 2.09. The van der Waals surface area contributed by atoms with Crippen LogP contribution in [0.25, 0.3) is 0 Å². The first-order valence-electron chi connectivity index (χ1n) is 3.77. The highest BCUT2D eigenvalue weighted by atomic mass is 16.3. The summed E-state index contributed by atoms with van der Waals surface area (Å²) in [4.78, 5) is 0. The fourth-order valence-electron chi connectivity index (χ4n) is 1.04. The van der Waals surface area contributed by atoms with Gasteiger partial charge in [0.2, 0.25) is 0 Å². The smallest absolute Gasteiger partial charge is 0.161 e. The van der Waals surface area contributed by atoms with Gasteiger partial charge in [-0.3, -0.25) is 0 Å². The number of benzene rings is 1. The van der Waals surface area contributed by atoms with Crippen LogP contribution in [0.3, 0.4) is 0 Å². The molecule has 0 radical (unpaired) electrons. The Kier molecular flexibility index (Phi) is 2.13. The summed E-state index contributed by atoms with van der Waals surface area (Å²) in [6, 6.07) is 2.51. The second kappa shape index (κ2) is 2.93. The lowest BCUT2D eigenvalue weighted by Crippen LogP contribution is -1.87. The highest BCUT2D eigenvalue weighted by molar-refractivity contribution is 5.49. The maximum absolute atomic E-state index is 9.32. The molecule has 0 aliphatic heterocycles. The van der Waals surface area contributed by atoms with Crippen LogP contribution < -0.4 is 0 Å². The predicted molar refractivity (Wildman–Crippen MR) is 45.5 cm³/mol. The summed E-state index contributed by atoms with van der Waals surface area (Å²) in [5.74, 6) is -0.356. The molecule has 0 fully saturated rings. The Morgan fingerprint density at radius 2 is 1.42 bits per heavy atom. The van der Waals surface area contributed by atoms with Crippen LogP contribution in [0.2, 0.25) is 0 Å². The van der Waals surface area contributed by atoms with Crippen LogP contribution in [0.5, 0.6) is 17.2 Å². The van der Waals surface area contributed by atoms with E-state index in [1.165, 1.54) is 6.07 Å². The summed E-state index contributed by atoms with van der Waals surface area (Å²) in [5.41, 5.74) is 0.630. The third-order valence-electron chi connectivity index (χ3n) is 1.75. The zero-order valence-corrected chi connectivity index (χ0v) is 7.07. The normalized spacial score (nSPS) is 10.6. The molecular formula is C9H12O3.